The van der Waals surface area contributed by atoms with Gasteiger partial charge in [0.1, 0.15) is 0 Å². The molecule has 0 aliphatic heterocycles. The third-order valence-corrected chi connectivity index (χ3v) is 3.28. The molecule has 94 valence electrons. The van der Waals surface area contributed by atoms with E-state index in [0.717, 1.165) is 34.6 Å². The number of nitrogen functional groups attached to an aromatic ring is 1. The number of nitrogens with two attached hydrogens (primary N) is 1. The van der Waals surface area contributed by atoms with Crippen molar-refractivity contribution < 1.29 is 0 Å². The second-order valence-electron chi connectivity index (χ2n) is 4.04. The molecule has 0 amide bonds. The Balaban J connectivity index is 2.23. The lowest BCUT2D eigenvalue weighted by atomic mass is 10.2. The fourth-order valence-electron chi connectivity index (χ4n) is 1.87. The molecule has 18 heavy (non-hydrogen) atoms. The average molecular weight is 306 g/mol. The van der Waals surface area contributed by atoms with Gasteiger partial charge in [-0.15, -0.1) is 0 Å². The van der Waals surface area contributed by atoms with E-state index in [1.807, 2.05) is 42.6 Å². The van der Waals surface area contributed by atoms with Crippen LogP contribution in [0.2, 0.25) is 0 Å². The highest BCUT2D eigenvalue weighted by molar-refractivity contribution is 9.10. The van der Waals surface area contributed by atoms with Crippen molar-refractivity contribution in [3.8, 4) is 0 Å². The summed E-state index contributed by atoms with van der Waals surface area (Å²) in [5.74, 6) is 0. The molecular formula is C14H16BrN3. The van der Waals surface area contributed by atoms with Crippen molar-refractivity contribution in [1.82, 2.24) is 4.98 Å². The van der Waals surface area contributed by atoms with Crippen molar-refractivity contribution in [2.75, 3.05) is 17.2 Å². The van der Waals surface area contributed by atoms with E-state index in [4.69, 9.17) is 5.73 Å². The van der Waals surface area contributed by atoms with Gasteiger partial charge in [0.15, 0.2) is 0 Å². The Kier molecular flexibility index (Phi) is 4.20. The SMILES string of the molecule is CCN(Cc1ccccn1)c1ccc(Br)cc1N. The van der Waals surface area contributed by atoms with Gasteiger partial charge in [-0.05, 0) is 37.3 Å². The summed E-state index contributed by atoms with van der Waals surface area (Å²) < 4.78 is 0.998. The lowest BCUT2D eigenvalue weighted by Crippen LogP contribution is -2.23. The third-order valence-electron chi connectivity index (χ3n) is 2.79. The maximum absolute atomic E-state index is 6.06. The normalized spacial score (nSPS) is 10.3. The van der Waals surface area contributed by atoms with Crippen LogP contribution in [-0.2, 0) is 6.54 Å². The smallest absolute Gasteiger partial charge is 0.0604 e. The maximum atomic E-state index is 6.06. The van der Waals surface area contributed by atoms with Crippen LogP contribution in [0.4, 0.5) is 11.4 Å². The summed E-state index contributed by atoms with van der Waals surface area (Å²) in [6, 6.07) is 11.9. The van der Waals surface area contributed by atoms with Crippen molar-refractivity contribution in [3.63, 3.8) is 0 Å². The van der Waals surface area contributed by atoms with Crippen LogP contribution in [0.5, 0.6) is 0 Å². The van der Waals surface area contributed by atoms with Gasteiger partial charge >= 0.3 is 0 Å². The van der Waals surface area contributed by atoms with Gasteiger partial charge in [0.25, 0.3) is 0 Å². The standard InChI is InChI=1S/C14H16BrN3/c1-2-18(10-12-5-3-4-8-17-12)14-7-6-11(15)9-13(14)16/h3-9H,2,10,16H2,1H3. The summed E-state index contributed by atoms with van der Waals surface area (Å²) in [4.78, 5) is 6.56. The van der Waals surface area contributed by atoms with Crippen molar-refractivity contribution in [3.05, 3.63) is 52.8 Å². The Morgan fingerprint density at radius 3 is 2.72 bits per heavy atom. The Bertz CT molecular complexity index is 514. The van der Waals surface area contributed by atoms with Crippen LogP contribution in [0.1, 0.15) is 12.6 Å². The van der Waals surface area contributed by atoms with E-state index < -0.39 is 0 Å². The highest BCUT2D eigenvalue weighted by Gasteiger charge is 2.09. The molecule has 1 aromatic heterocycles. The number of hydrogen-bond acceptors (Lipinski definition) is 3. The minimum atomic E-state index is 0.767. The first-order chi connectivity index (χ1) is 8.70. The van der Waals surface area contributed by atoms with Crippen LogP contribution in [0, 0.1) is 0 Å². The van der Waals surface area contributed by atoms with Gasteiger partial charge in [-0.2, -0.15) is 0 Å². The zero-order chi connectivity index (χ0) is 13.0. The molecular weight excluding hydrogens is 290 g/mol. The fraction of sp³-hybridized carbons (Fsp3) is 0.214. The Hall–Kier alpha value is -1.55. The molecule has 1 heterocycles. The summed E-state index contributed by atoms with van der Waals surface area (Å²) in [6.07, 6.45) is 1.81. The fourth-order valence-corrected chi connectivity index (χ4v) is 2.25. The summed E-state index contributed by atoms with van der Waals surface area (Å²) >= 11 is 3.42. The number of aromatic nitrogens is 1. The topological polar surface area (TPSA) is 42.2 Å². The second kappa shape index (κ2) is 5.87. The molecule has 0 aliphatic carbocycles. The summed E-state index contributed by atoms with van der Waals surface area (Å²) in [7, 11) is 0. The maximum Gasteiger partial charge on any atom is 0.0604 e. The molecule has 0 radical (unpaired) electrons. The lowest BCUT2D eigenvalue weighted by Gasteiger charge is -2.24. The van der Waals surface area contributed by atoms with Gasteiger partial charge in [-0.1, -0.05) is 22.0 Å². The first kappa shape index (κ1) is 12.9. The van der Waals surface area contributed by atoms with Crippen molar-refractivity contribution in [2.45, 2.75) is 13.5 Å². The molecule has 0 saturated carbocycles. The number of rotatable bonds is 4. The Morgan fingerprint density at radius 2 is 2.11 bits per heavy atom. The molecule has 2 N–H and O–H groups in total. The molecule has 4 heteroatoms. The van der Waals surface area contributed by atoms with Gasteiger partial charge in [-0.3, -0.25) is 4.98 Å². The number of pyridine rings is 1. The van der Waals surface area contributed by atoms with Crippen LogP contribution in [-0.4, -0.2) is 11.5 Å². The quantitative estimate of drug-likeness (QED) is 0.880. The molecule has 0 saturated heterocycles. The van der Waals surface area contributed by atoms with Crippen molar-refractivity contribution in [2.24, 2.45) is 0 Å². The molecule has 0 fully saturated rings. The molecule has 2 rings (SSSR count). The van der Waals surface area contributed by atoms with E-state index in [9.17, 15) is 0 Å². The van der Waals surface area contributed by atoms with E-state index in [-0.39, 0.29) is 0 Å². The number of nitrogens with zero attached hydrogens (tertiary/aromatic N) is 2. The minimum Gasteiger partial charge on any atom is -0.397 e. The molecule has 0 bridgehead atoms. The van der Waals surface area contributed by atoms with Crippen LogP contribution >= 0.6 is 15.9 Å². The minimum absolute atomic E-state index is 0.767. The summed E-state index contributed by atoms with van der Waals surface area (Å²) in [5, 5.41) is 0. The predicted molar refractivity (Wildman–Crippen MR) is 79.5 cm³/mol. The number of hydrogen-bond donors (Lipinski definition) is 1. The Morgan fingerprint density at radius 1 is 1.28 bits per heavy atom. The average Bonchev–Trinajstić information content (AvgIpc) is 2.38. The highest BCUT2D eigenvalue weighted by Crippen LogP contribution is 2.27. The van der Waals surface area contributed by atoms with E-state index in [1.54, 1.807) is 0 Å². The second-order valence-corrected chi connectivity index (χ2v) is 4.95. The van der Waals surface area contributed by atoms with Gasteiger partial charge < -0.3 is 10.6 Å². The number of halogens is 1. The lowest BCUT2D eigenvalue weighted by molar-refractivity contribution is 0.811. The van der Waals surface area contributed by atoms with E-state index in [2.05, 4.69) is 32.7 Å². The summed E-state index contributed by atoms with van der Waals surface area (Å²) in [6.45, 7) is 3.77. The first-order valence-electron chi connectivity index (χ1n) is 5.90. The number of anilines is 2. The largest absolute Gasteiger partial charge is 0.397 e. The van der Waals surface area contributed by atoms with Crippen molar-refractivity contribution >= 4 is 27.3 Å². The zero-order valence-corrected chi connectivity index (χ0v) is 11.9. The first-order valence-corrected chi connectivity index (χ1v) is 6.70. The van der Waals surface area contributed by atoms with Gasteiger partial charge in [0, 0.05) is 17.2 Å². The molecule has 1 aromatic carbocycles. The van der Waals surface area contributed by atoms with Crippen LogP contribution in [0.3, 0.4) is 0 Å². The van der Waals surface area contributed by atoms with E-state index in [1.165, 1.54) is 0 Å². The molecule has 0 spiro atoms. The predicted octanol–water partition coefficient (Wildman–Crippen LogP) is 3.45. The molecule has 0 aliphatic rings. The zero-order valence-electron chi connectivity index (χ0n) is 10.3. The highest BCUT2D eigenvalue weighted by atomic mass is 79.9. The summed E-state index contributed by atoms with van der Waals surface area (Å²) in [5.41, 5.74) is 8.93. The molecule has 3 nitrogen and oxygen atoms in total. The third kappa shape index (κ3) is 3.01. The van der Waals surface area contributed by atoms with Crippen molar-refractivity contribution in [1.29, 1.82) is 0 Å². The van der Waals surface area contributed by atoms with Crippen LogP contribution in [0.15, 0.2) is 47.1 Å². The molecule has 0 atom stereocenters. The molecule has 2 aromatic rings. The Labute approximate surface area is 116 Å². The number of benzene rings is 1. The van der Waals surface area contributed by atoms with Gasteiger partial charge in [0.2, 0.25) is 0 Å². The van der Waals surface area contributed by atoms with E-state index >= 15 is 0 Å². The van der Waals surface area contributed by atoms with Crippen LogP contribution < -0.4 is 10.6 Å². The van der Waals surface area contributed by atoms with Crippen LogP contribution in [0.25, 0.3) is 0 Å². The van der Waals surface area contributed by atoms with E-state index in [0.29, 0.717) is 0 Å². The monoisotopic (exact) mass is 305 g/mol. The van der Waals surface area contributed by atoms with Gasteiger partial charge in [0.05, 0.1) is 23.6 Å². The molecule has 0 unspecified atom stereocenters. The van der Waals surface area contributed by atoms with Gasteiger partial charge in [-0.25, -0.2) is 0 Å².